The number of H-pyrrole nitrogens is 1. The van der Waals surface area contributed by atoms with Crippen molar-refractivity contribution in [2.24, 2.45) is 0 Å². The molecule has 1 amide bonds. The van der Waals surface area contributed by atoms with Gasteiger partial charge in [-0.1, -0.05) is 36.4 Å². The van der Waals surface area contributed by atoms with Crippen LogP contribution in [0.15, 0.2) is 60.3 Å². The maximum Gasteiger partial charge on any atom is 0.295 e. The van der Waals surface area contributed by atoms with Crippen molar-refractivity contribution in [2.45, 2.75) is 12.5 Å². The lowest BCUT2D eigenvalue weighted by molar-refractivity contribution is -0.140. The number of aliphatic hydroxyl groups is 1. The quantitative estimate of drug-likeness (QED) is 0.338. The molecule has 0 bridgehead atoms. The average Bonchev–Trinajstić information content (AvgIpc) is 3.33. The predicted octanol–water partition coefficient (Wildman–Crippen LogP) is 3.55. The van der Waals surface area contributed by atoms with Crippen LogP contribution in [0.5, 0.6) is 5.75 Å². The van der Waals surface area contributed by atoms with Gasteiger partial charge in [0, 0.05) is 34.8 Å². The molecular formula is C25H27N3O4. The fraction of sp³-hybridized carbons (Fsp3) is 0.280. The Morgan fingerprint density at radius 3 is 2.59 bits per heavy atom. The lowest BCUT2D eigenvalue weighted by atomic mass is 9.94. The molecule has 0 radical (unpaired) electrons. The number of aromatic nitrogens is 1. The number of fused-ring (bicyclic) bond motifs is 1. The highest BCUT2D eigenvalue weighted by Crippen LogP contribution is 2.43. The number of ether oxygens (including phenoxy) is 1. The monoisotopic (exact) mass is 433 g/mol. The molecule has 1 fully saturated rings. The van der Waals surface area contributed by atoms with Crippen LogP contribution in [0.1, 0.15) is 23.6 Å². The number of carbonyl (C=O) groups excluding carboxylic acids is 2. The number of Topliss-reactive ketones (excluding diaryl/α,β-unsaturated/α-hetero) is 1. The van der Waals surface area contributed by atoms with Crippen molar-refractivity contribution in [1.29, 1.82) is 0 Å². The van der Waals surface area contributed by atoms with Crippen LogP contribution in [-0.2, 0) is 9.59 Å². The molecule has 0 saturated carbocycles. The molecule has 1 atom stereocenters. The minimum atomic E-state index is -0.734. The van der Waals surface area contributed by atoms with E-state index in [-0.39, 0.29) is 11.3 Å². The van der Waals surface area contributed by atoms with E-state index < -0.39 is 17.7 Å². The van der Waals surface area contributed by atoms with Gasteiger partial charge in [-0.15, -0.1) is 0 Å². The number of amides is 1. The Bertz CT molecular complexity index is 1190. The smallest absolute Gasteiger partial charge is 0.295 e. The Labute approximate surface area is 186 Å². The van der Waals surface area contributed by atoms with Gasteiger partial charge in [0.2, 0.25) is 0 Å². The largest absolute Gasteiger partial charge is 0.507 e. The number of aromatic amines is 1. The number of carbonyl (C=O) groups is 2. The standard InChI is InChI=1S/C25H27N3O4/c1-27(2)13-8-14-28-22(17-10-5-7-12-20(17)32-3)21(24(30)25(28)31)23(29)18-15-26-19-11-6-4-9-16(18)19/h4-7,9-12,15,22,26,29H,8,13-14H2,1-3H3/b23-21+/t22-/m0/s1. The average molecular weight is 434 g/mol. The van der Waals surface area contributed by atoms with Crippen molar-refractivity contribution >= 4 is 28.4 Å². The van der Waals surface area contributed by atoms with Gasteiger partial charge < -0.3 is 24.6 Å². The molecule has 166 valence electrons. The fourth-order valence-electron chi connectivity index (χ4n) is 4.30. The maximum absolute atomic E-state index is 13.2. The van der Waals surface area contributed by atoms with E-state index in [1.165, 1.54) is 0 Å². The zero-order chi connectivity index (χ0) is 22.8. The summed E-state index contributed by atoms with van der Waals surface area (Å²) in [4.78, 5) is 33.0. The zero-order valence-electron chi connectivity index (χ0n) is 18.5. The van der Waals surface area contributed by atoms with E-state index >= 15 is 0 Å². The summed E-state index contributed by atoms with van der Waals surface area (Å²) in [5, 5.41) is 12.1. The van der Waals surface area contributed by atoms with E-state index in [0.29, 0.717) is 29.8 Å². The maximum atomic E-state index is 13.2. The number of ketones is 1. The Kier molecular flexibility index (Phi) is 6.01. The highest BCUT2D eigenvalue weighted by Gasteiger charge is 2.46. The number of likely N-dealkylation sites (tertiary alicyclic amines) is 1. The summed E-state index contributed by atoms with van der Waals surface area (Å²) in [7, 11) is 5.47. The van der Waals surface area contributed by atoms with E-state index in [1.807, 2.05) is 61.5 Å². The fourth-order valence-corrected chi connectivity index (χ4v) is 4.30. The van der Waals surface area contributed by atoms with E-state index in [2.05, 4.69) is 4.98 Å². The number of aliphatic hydroxyl groups excluding tert-OH is 1. The van der Waals surface area contributed by atoms with Crippen LogP contribution in [0.25, 0.3) is 16.7 Å². The third kappa shape index (κ3) is 3.76. The summed E-state index contributed by atoms with van der Waals surface area (Å²) in [5.41, 5.74) is 2.07. The van der Waals surface area contributed by atoms with Gasteiger partial charge >= 0.3 is 0 Å². The second-order valence-corrected chi connectivity index (χ2v) is 8.14. The van der Waals surface area contributed by atoms with Crippen LogP contribution >= 0.6 is 0 Å². The predicted molar refractivity (Wildman–Crippen MR) is 123 cm³/mol. The molecule has 32 heavy (non-hydrogen) atoms. The first-order chi connectivity index (χ1) is 15.4. The molecule has 2 N–H and O–H groups in total. The van der Waals surface area contributed by atoms with Crippen LogP contribution in [0, 0.1) is 0 Å². The Morgan fingerprint density at radius 1 is 1.12 bits per heavy atom. The topological polar surface area (TPSA) is 85.9 Å². The molecule has 4 rings (SSSR count). The molecule has 0 unspecified atom stereocenters. The van der Waals surface area contributed by atoms with E-state index in [9.17, 15) is 14.7 Å². The van der Waals surface area contributed by atoms with Gasteiger partial charge in [-0.2, -0.15) is 0 Å². The molecule has 7 heteroatoms. The van der Waals surface area contributed by atoms with Crippen LogP contribution in [-0.4, -0.2) is 65.9 Å². The molecule has 0 spiro atoms. The number of benzene rings is 2. The second kappa shape index (κ2) is 8.88. The third-order valence-corrected chi connectivity index (χ3v) is 5.82. The molecule has 7 nitrogen and oxygen atoms in total. The van der Waals surface area contributed by atoms with Crippen molar-refractivity contribution in [3.63, 3.8) is 0 Å². The molecule has 3 aromatic rings. The Hall–Kier alpha value is -3.58. The van der Waals surface area contributed by atoms with Crippen molar-refractivity contribution in [3.05, 3.63) is 71.4 Å². The molecule has 1 saturated heterocycles. The highest BCUT2D eigenvalue weighted by molar-refractivity contribution is 6.46. The number of rotatable bonds is 7. The number of nitrogens with one attached hydrogen (secondary N) is 1. The van der Waals surface area contributed by atoms with Gasteiger partial charge in [-0.05, 0) is 39.2 Å². The van der Waals surface area contributed by atoms with Crippen LogP contribution < -0.4 is 4.74 Å². The van der Waals surface area contributed by atoms with Gasteiger partial charge in [0.15, 0.2) is 0 Å². The zero-order valence-corrected chi connectivity index (χ0v) is 18.5. The highest BCUT2D eigenvalue weighted by atomic mass is 16.5. The second-order valence-electron chi connectivity index (χ2n) is 8.14. The molecule has 1 aliphatic heterocycles. The van der Waals surface area contributed by atoms with Gasteiger partial charge in [0.05, 0.1) is 18.7 Å². The van der Waals surface area contributed by atoms with Crippen molar-refractivity contribution in [1.82, 2.24) is 14.8 Å². The summed E-state index contributed by atoms with van der Waals surface area (Å²) < 4.78 is 5.54. The molecule has 1 aliphatic rings. The van der Waals surface area contributed by atoms with E-state index in [0.717, 1.165) is 17.4 Å². The number of hydrogen-bond donors (Lipinski definition) is 2. The van der Waals surface area contributed by atoms with Crippen LogP contribution in [0.3, 0.4) is 0 Å². The molecule has 2 heterocycles. The third-order valence-electron chi connectivity index (χ3n) is 5.82. The number of nitrogens with zero attached hydrogens (tertiary/aromatic N) is 2. The van der Waals surface area contributed by atoms with Gasteiger partial charge in [-0.25, -0.2) is 0 Å². The van der Waals surface area contributed by atoms with E-state index in [1.54, 1.807) is 24.3 Å². The lowest BCUT2D eigenvalue weighted by Gasteiger charge is -2.27. The number of methoxy groups -OCH3 is 1. The Morgan fingerprint density at radius 2 is 1.84 bits per heavy atom. The van der Waals surface area contributed by atoms with Gasteiger partial charge in [-0.3, -0.25) is 9.59 Å². The number of para-hydroxylation sites is 2. The van der Waals surface area contributed by atoms with Gasteiger partial charge in [0.1, 0.15) is 11.5 Å². The molecule has 0 aliphatic carbocycles. The first-order valence-electron chi connectivity index (χ1n) is 10.6. The minimum Gasteiger partial charge on any atom is -0.507 e. The minimum absolute atomic E-state index is 0.0779. The van der Waals surface area contributed by atoms with Crippen LogP contribution in [0.4, 0.5) is 0 Å². The molecule has 2 aromatic carbocycles. The first kappa shape index (κ1) is 21.6. The number of hydrogen-bond acceptors (Lipinski definition) is 5. The van der Waals surface area contributed by atoms with Gasteiger partial charge in [0.25, 0.3) is 11.7 Å². The summed E-state index contributed by atoms with van der Waals surface area (Å²) in [6, 6.07) is 14.1. The Balaban J connectivity index is 1.88. The van der Waals surface area contributed by atoms with Crippen molar-refractivity contribution in [2.75, 3.05) is 34.3 Å². The summed E-state index contributed by atoms with van der Waals surface area (Å²) in [6.45, 7) is 1.15. The summed E-state index contributed by atoms with van der Waals surface area (Å²) in [6.07, 6.45) is 2.36. The normalized spacial score (nSPS) is 18.1. The summed E-state index contributed by atoms with van der Waals surface area (Å²) >= 11 is 0. The lowest BCUT2D eigenvalue weighted by Crippen LogP contribution is -2.32. The summed E-state index contributed by atoms with van der Waals surface area (Å²) in [5.74, 6) is -0.928. The van der Waals surface area contributed by atoms with Crippen molar-refractivity contribution in [3.8, 4) is 5.75 Å². The van der Waals surface area contributed by atoms with Crippen LogP contribution in [0.2, 0.25) is 0 Å². The van der Waals surface area contributed by atoms with Crippen molar-refractivity contribution < 1.29 is 19.4 Å². The molecule has 1 aromatic heterocycles. The molecular weight excluding hydrogens is 406 g/mol. The SMILES string of the molecule is COc1ccccc1[C@H]1/C(=C(\O)c2c[nH]c3ccccc23)C(=O)C(=O)N1CCCN(C)C. The first-order valence-corrected chi connectivity index (χ1v) is 10.6. The van der Waals surface area contributed by atoms with E-state index in [4.69, 9.17) is 4.74 Å².